The molecule has 9 heteroatoms. The van der Waals surface area contributed by atoms with Gasteiger partial charge in [0.15, 0.2) is 0 Å². The van der Waals surface area contributed by atoms with Crippen LogP contribution in [0, 0.1) is 11.7 Å². The molecule has 7 rings (SSSR count). The van der Waals surface area contributed by atoms with Crippen LogP contribution in [0.25, 0.3) is 33.5 Å². The fourth-order valence-electron chi connectivity index (χ4n) is 7.21. The summed E-state index contributed by atoms with van der Waals surface area (Å²) in [6.07, 6.45) is 7.21. The average Bonchev–Trinajstić information content (AvgIpc) is 3.50. The van der Waals surface area contributed by atoms with Crippen LogP contribution in [-0.4, -0.2) is 44.5 Å². The van der Waals surface area contributed by atoms with Crippen molar-refractivity contribution in [1.82, 2.24) is 14.5 Å². The minimum Gasteiger partial charge on any atom is -0.489 e. The monoisotopic (exact) mass is 679 g/mol. The van der Waals surface area contributed by atoms with Gasteiger partial charge in [-0.15, -0.1) is 0 Å². The quantitative estimate of drug-likeness (QED) is 0.177. The van der Waals surface area contributed by atoms with Crippen LogP contribution < -0.4 is 4.74 Å². The molecule has 1 aromatic heterocycles. The molecule has 49 heavy (non-hydrogen) atoms. The highest BCUT2D eigenvalue weighted by Gasteiger charge is 2.25. The average molecular weight is 680 g/mol. The molecule has 1 aliphatic carbocycles. The molecule has 0 spiro atoms. The number of hydrogen-bond donors (Lipinski definition) is 1. The van der Waals surface area contributed by atoms with Crippen molar-refractivity contribution in [3.05, 3.63) is 106 Å². The van der Waals surface area contributed by atoms with Crippen LogP contribution in [0.1, 0.15) is 84.2 Å². The minimum atomic E-state index is -1.03. The number of imidazole rings is 1. The molecule has 252 valence electrons. The first-order valence-electron chi connectivity index (χ1n) is 17.1. The van der Waals surface area contributed by atoms with E-state index in [1.165, 1.54) is 6.07 Å². The van der Waals surface area contributed by atoms with Crippen LogP contribution >= 0.6 is 11.6 Å². The van der Waals surface area contributed by atoms with E-state index < -0.39 is 11.8 Å². The Morgan fingerprint density at radius 2 is 1.59 bits per heavy atom. The van der Waals surface area contributed by atoms with Gasteiger partial charge in [0.05, 0.1) is 22.2 Å². The molecule has 0 bridgehead atoms. The van der Waals surface area contributed by atoms with Gasteiger partial charge in [0.2, 0.25) is 0 Å². The van der Waals surface area contributed by atoms with E-state index >= 15 is 4.39 Å². The number of piperidine rings is 1. The molecule has 0 unspecified atom stereocenters. The van der Waals surface area contributed by atoms with E-state index in [0.29, 0.717) is 39.2 Å². The molecule has 7 nitrogen and oxygen atoms in total. The predicted octanol–water partition coefficient (Wildman–Crippen LogP) is 9.82. The lowest BCUT2D eigenvalue weighted by Gasteiger charge is -2.30. The third-order valence-corrected chi connectivity index (χ3v) is 10.3. The number of carbonyl (C=O) groups excluding carboxylic acids is 1. The fraction of sp³-hybridized carbons (Fsp3) is 0.325. The molecule has 1 amide bonds. The maximum absolute atomic E-state index is 16.0. The Kier molecular flexibility index (Phi) is 9.41. The normalized spacial score (nSPS) is 15.9. The van der Waals surface area contributed by atoms with Crippen LogP contribution in [-0.2, 0) is 6.61 Å². The number of benzene rings is 4. The number of carbonyl (C=O) groups is 2. The summed E-state index contributed by atoms with van der Waals surface area (Å²) in [7, 11) is 0. The highest BCUT2D eigenvalue weighted by molar-refractivity contribution is 6.30. The Morgan fingerprint density at radius 1 is 0.878 bits per heavy atom. The molecule has 4 aromatic carbocycles. The smallest absolute Gasteiger partial charge is 0.335 e. The lowest BCUT2D eigenvalue weighted by Crippen LogP contribution is -2.37. The number of nitrogens with zero attached hydrogens (tertiary/aromatic N) is 3. The molecule has 0 radical (unpaired) electrons. The van der Waals surface area contributed by atoms with E-state index in [0.717, 1.165) is 80.2 Å². The zero-order valence-electron chi connectivity index (χ0n) is 27.5. The van der Waals surface area contributed by atoms with Gasteiger partial charge in [0.25, 0.3) is 5.91 Å². The Bertz CT molecular complexity index is 2010. The van der Waals surface area contributed by atoms with Crippen molar-refractivity contribution in [2.45, 2.75) is 64.5 Å². The SMILES string of the molecule is CC1CCN(C(=O)c2ccc(-c3ccc(Cl)cc3)c(COc3ccc(-c4nc5cc(C(=O)O)ccc5n4C4CCCCC4)c(F)c3)c2)CC1. The standard InChI is InChI=1S/C40H39ClFN3O4/c1-25-17-19-44(20-18-25)39(46)27-9-14-33(26-7-11-30(41)12-8-26)29(21-27)24-49-32-13-15-34(35(42)23-32)38-43-36-22-28(40(47)48)10-16-37(36)45(38)31-5-3-2-4-6-31/h7-16,21-23,25,31H,2-6,17-20,24H2,1H3,(H,47,48). The van der Waals surface area contributed by atoms with Crippen LogP contribution in [0.2, 0.25) is 5.02 Å². The highest BCUT2D eigenvalue weighted by atomic mass is 35.5. The van der Waals surface area contributed by atoms with Gasteiger partial charge in [-0.05, 0) is 103 Å². The largest absolute Gasteiger partial charge is 0.489 e. The number of halogens is 2. The first-order valence-corrected chi connectivity index (χ1v) is 17.5. The van der Waals surface area contributed by atoms with Crippen molar-refractivity contribution in [1.29, 1.82) is 0 Å². The minimum absolute atomic E-state index is 0.00235. The number of carboxylic acids is 1. The topological polar surface area (TPSA) is 84.7 Å². The summed E-state index contributed by atoms with van der Waals surface area (Å²) in [6.45, 7) is 3.82. The number of amides is 1. The van der Waals surface area contributed by atoms with Gasteiger partial charge in [0, 0.05) is 35.8 Å². The second-order valence-corrected chi connectivity index (χ2v) is 13.8. The molecule has 1 saturated heterocycles. The van der Waals surface area contributed by atoms with Gasteiger partial charge in [-0.25, -0.2) is 14.2 Å². The Labute approximate surface area is 290 Å². The van der Waals surface area contributed by atoms with Crippen molar-refractivity contribution in [2.24, 2.45) is 5.92 Å². The van der Waals surface area contributed by atoms with Crippen molar-refractivity contribution in [3.8, 4) is 28.3 Å². The van der Waals surface area contributed by atoms with E-state index in [9.17, 15) is 14.7 Å². The number of aromatic carboxylic acids is 1. The van der Waals surface area contributed by atoms with Gasteiger partial charge in [-0.3, -0.25) is 4.79 Å². The maximum atomic E-state index is 16.0. The Hall–Kier alpha value is -4.69. The van der Waals surface area contributed by atoms with Gasteiger partial charge in [-0.2, -0.15) is 0 Å². The summed E-state index contributed by atoms with van der Waals surface area (Å²) in [6, 6.07) is 23.0. The molecule has 0 atom stereocenters. The van der Waals surface area contributed by atoms with Crippen molar-refractivity contribution >= 4 is 34.5 Å². The van der Waals surface area contributed by atoms with E-state index in [4.69, 9.17) is 21.3 Å². The van der Waals surface area contributed by atoms with Gasteiger partial charge in [0.1, 0.15) is 24.0 Å². The van der Waals surface area contributed by atoms with E-state index in [-0.39, 0.29) is 24.1 Å². The number of fused-ring (bicyclic) bond motifs is 1. The van der Waals surface area contributed by atoms with E-state index in [1.54, 1.807) is 30.3 Å². The summed E-state index contributed by atoms with van der Waals surface area (Å²) in [5, 5.41) is 10.2. The number of rotatable bonds is 8. The third-order valence-electron chi connectivity index (χ3n) is 10.0. The molecule has 1 aliphatic heterocycles. The van der Waals surface area contributed by atoms with Crippen molar-refractivity contribution < 1.29 is 23.8 Å². The number of carboxylic acid groups (broad SMARTS) is 1. The molecular weight excluding hydrogens is 641 g/mol. The summed E-state index contributed by atoms with van der Waals surface area (Å²) in [5.74, 6) is -0.0655. The molecule has 2 fully saturated rings. The Morgan fingerprint density at radius 3 is 2.31 bits per heavy atom. The lowest BCUT2D eigenvalue weighted by atomic mass is 9.94. The van der Waals surface area contributed by atoms with Crippen molar-refractivity contribution in [2.75, 3.05) is 13.1 Å². The summed E-state index contributed by atoms with van der Waals surface area (Å²) >= 11 is 6.17. The van der Waals surface area contributed by atoms with E-state index in [1.807, 2.05) is 47.4 Å². The third kappa shape index (κ3) is 6.92. The lowest BCUT2D eigenvalue weighted by molar-refractivity contribution is 0.0688. The van der Waals surface area contributed by atoms with Gasteiger partial charge >= 0.3 is 5.97 Å². The number of hydrogen-bond acceptors (Lipinski definition) is 4. The van der Waals surface area contributed by atoms with Gasteiger partial charge in [-0.1, -0.05) is 56.0 Å². The fourth-order valence-corrected chi connectivity index (χ4v) is 7.34. The van der Waals surface area contributed by atoms with Crippen LogP contribution in [0.5, 0.6) is 5.75 Å². The number of aromatic nitrogens is 2. The second kappa shape index (κ2) is 14.0. The first-order chi connectivity index (χ1) is 23.7. The maximum Gasteiger partial charge on any atom is 0.335 e. The highest BCUT2D eigenvalue weighted by Crippen LogP contribution is 2.38. The second-order valence-electron chi connectivity index (χ2n) is 13.4. The summed E-state index contributed by atoms with van der Waals surface area (Å²) in [4.78, 5) is 31.9. The molecule has 5 aromatic rings. The van der Waals surface area contributed by atoms with E-state index in [2.05, 4.69) is 11.5 Å². The van der Waals surface area contributed by atoms with Crippen LogP contribution in [0.15, 0.2) is 78.9 Å². The van der Waals surface area contributed by atoms with Crippen molar-refractivity contribution in [3.63, 3.8) is 0 Å². The zero-order valence-corrected chi connectivity index (χ0v) is 28.3. The first kappa shape index (κ1) is 32.8. The molecule has 1 N–H and O–H groups in total. The van der Waals surface area contributed by atoms with Gasteiger partial charge < -0.3 is 19.3 Å². The Balaban J connectivity index is 1.19. The molecular formula is C40H39ClFN3O4. The molecule has 1 saturated carbocycles. The van der Waals surface area contributed by atoms with Crippen LogP contribution in [0.4, 0.5) is 4.39 Å². The van der Waals surface area contributed by atoms with Crippen LogP contribution in [0.3, 0.4) is 0 Å². The number of ether oxygens (including phenoxy) is 1. The number of likely N-dealkylation sites (tertiary alicyclic amines) is 1. The summed E-state index contributed by atoms with van der Waals surface area (Å²) in [5.41, 5.74) is 5.04. The predicted molar refractivity (Wildman–Crippen MR) is 190 cm³/mol. The molecule has 2 heterocycles. The zero-order chi connectivity index (χ0) is 34.1. The summed E-state index contributed by atoms with van der Waals surface area (Å²) < 4.78 is 24.3. The molecule has 2 aliphatic rings.